The lowest BCUT2D eigenvalue weighted by Crippen LogP contribution is -2.10. The Morgan fingerprint density at radius 2 is 0.966 bits per heavy atom. The topological polar surface area (TPSA) is 14.2 Å². The summed E-state index contributed by atoms with van der Waals surface area (Å²) >= 11 is 0. The van der Waals surface area contributed by atoms with Gasteiger partial charge in [-0.05, 0) is 106 Å². The molecule has 0 aliphatic carbocycles. The molecule has 0 aliphatic heterocycles. The lowest BCUT2D eigenvalue weighted by Gasteiger charge is -2.24. The molecule has 2 heterocycles. The van der Waals surface area contributed by atoms with Gasteiger partial charge in [0.25, 0.3) is 0 Å². The summed E-state index contributed by atoms with van der Waals surface area (Å²) in [6.45, 7) is 23.6. The van der Waals surface area contributed by atoms with Gasteiger partial charge < -0.3 is 9.13 Å². The van der Waals surface area contributed by atoms with Gasteiger partial charge in [-0.25, -0.2) is 4.85 Å². The molecule has 2 aromatic heterocycles. The fraction of sp³-hybridized carbons (Fsp3) is 0.189. The molecule has 0 unspecified atom stereocenters. The largest absolute Gasteiger partial charge is 0.416 e. The number of para-hydroxylation sites is 2. The van der Waals surface area contributed by atoms with Crippen LogP contribution in [0.5, 0.6) is 0 Å². The van der Waals surface area contributed by atoms with Crippen LogP contribution in [-0.2, 0) is 17.0 Å². The second-order valence-corrected chi connectivity index (χ2v) is 17.7. The lowest BCUT2D eigenvalue weighted by atomic mass is 9.86. The molecule has 59 heavy (non-hydrogen) atoms. The van der Waals surface area contributed by atoms with E-state index in [-0.39, 0.29) is 10.8 Å². The van der Waals surface area contributed by atoms with Gasteiger partial charge in [0.2, 0.25) is 0 Å². The molecule has 7 aromatic carbocycles. The first-order chi connectivity index (χ1) is 28.0. The highest BCUT2D eigenvalue weighted by Gasteiger charge is 2.32. The molecule has 9 aromatic rings. The van der Waals surface area contributed by atoms with E-state index < -0.39 is 11.7 Å². The summed E-state index contributed by atoms with van der Waals surface area (Å²) in [5.41, 5.74) is 10.1. The van der Waals surface area contributed by atoms with Gasteiger partial charge in [0, 0.05) is 38.4 Å². The van der Waals surface area contributed by atoms with Gasteiger partial charge in [0.15, 0.2) is 5.69 Å². The Morgan fingerprint density at radius 1 is 0.475 bits per heavy atom. The van der Waals surface area contributed by atoms with Gasteiger partial charge in [-0.2, -0.15) is 13.2 Å². The third kappa shape index (κ3) is 6.28. The van der Waals surface area contributed by atoms with E-state index in [1.54, 1.807) is 6.92 Å². The summed E-state index contributed by atoms with van der Waals surface area (Å²) in [7, 11) is 0. The van der Waals surface area contributed by atoms with Crippen molar-refractivity contribution in [1.29, 1.82) is 0 Å². The number of aryl methyl sites for hydroxylation is 1. The Labute approximate surface area is 342 Å². The summed E-state index contributed by atoms with van der Waals surface area (Å²) in [5, 5.41) is 4.31. The summed E-state index contributed by atoms with van der Waals surface area (Å²) in [5.74, 6) is 0. The molecule has 0 radical (unpaired) electrons. The normalized spacial score (nSPS) is 12.6. The minimum atomic E-state index is -4.55. The molecule has 0 amide bonds. The summed E-state index contributed by atoms with van der Waals surface area (Å²) in [4.78, 5) is 4.17. The van der Waals surface area contributed by atoms with Crippen molar-refractivity contribution in [3.63, 3.8) is 0 Å². The van der Waals surface area contributed by atoms with Crippen molar-refractivity contribution in [3.8, 4) is 33.6 Å². The van der Waals surface area contributed by atoms with Crippen molar-refractivity contribution in [2.24, 2.45) is 0 Å². The number of alkyl halides is 3. The standard InChI is InChI=1S/C53H44F3N3/c1-32-27-33(29-36(28-32)53(54,55)56)37-17-13-21-47(58-43-19-11-9-15-38(43)40-30-34(51(2,3)4)23-25-45(40)58)49(37)50-42(57-8)18-14-22-48(50)59-44-20-12-10-16-39(44)41-31-35(52(5,6)7)24-26-46(41)59/h9-31H,1-7H3. The van der Waals surface area contributed by atoms with Crippen LogP contribution >= 0.6 is 0 Å². The highest BCUT2D eigenvalue weighted by molar-refractivity contribution is 6.13. The van der Waals surface area contributed by atoms with Crippen LogP contribution in [0.1, 0.15) is 63.8 Å². The van der Waals surface area contributed by atoms with E-state index in [1.807, 2.05) is 66.7 Å². The Balaban J connectivity index is 1.47. The van der Waals surface area contributed by atoms with Gasteiger partial charge in [-0.3, -0.25) is 0 Å². The zero-order chi connectivity index (χ0) is 41.6. The third-order valence-corrected chi connectivity index (χ3v) is 11.7. The molecular formula is C53H44F3N3. The average Bonchev–Trinajstić information content (AvgIpc) is 3.71. The molecule has 0 spiro atoms. The van der Waals surface area contributed by atoms with Crippen molar-refractivity contribution in [2.45, 2.75) is 65.5 Å². The number of aromatic nitrogens is 2. The number of nitrogens with zero attached hydrogens (tertiary/aromatic N) is 3. The van der Waals surface area contributed by atoms with Crippen LogP contribution in [-0.4, -0.2) is 9.13 Å². The van der Waals surface area contributed by atoms with Crippen LogP contribution in [0, 0.1) is 13.5 Å². The molecule has 3 nitrogen and oxygen atoms in total. The SMILES string of the molecule is [C-]#[N+]c1cccc(-n2c3ccccc3c3cc(C(C)(C)C)ccc32)c1-c1c(-c2cc(C)cc(C(F)(F)F)c2)cccc1-n1c2ccccc2c2cc(C(C)(C)C)ccc21. The van der Waals surface area contributed by atoms with Gasteiger partial charge in [-0.15, -0.1) is 0 Å². The first-order valence-electron chi connectivity index (χ1n) is 20.0. The lowest BCUT2D eigenvalue weighted by molar-refractivity contribution is -0.137. The summed E-state index contributed by atoms with van der Waals surface area (Å²) in [6, 6.07) is 45.6. The van der Waals surface area contributed by atoms with E-state index in [0.717, 1.165) is 55.0 Å². The fourth-order valence-electron chi connectivity index (χ4n) is 8.79. The zero-order valence-corrected chi connectivity index (χ0v) is 34.3. The molecule has 0 N–H and O–H groups in total. The second-order valence-electron chi connectivity index (χ2n) is 17.7. The first-order valence-corrected chi connectivity index (χ1v) is 20.0. The van der Waals surface area contributed by atoms with E-state index in [1.165, 1.54) is 23.3 Å². The molecule has 0 saturated carbocycles. The van der Waals surface area contributed by atoms with Gasteiger partial charge in [0.05, 0.1) is 39.9 Å². The van der Waals surface area contributed by atoms with E-state index in [9.17, 15) is 13.2 Å². The molecule has 292 valence electrons. The molecule has 0 bridgehead atoms. The van der Waals surface area contributed by atoms with E-state index in [4.69, 9.17) is 6.57 Å². The van der Waals surface area contributed by atoms with E-state index >= 15 is 0 Å². The Hall–Kier alpha value is -6.58. The van der Waals surface area contributed by atoms with Crippen LogP contribution in [0.4, 0.5) is 18.9 Å². The quantitative estimate of drug-likeness (QED) is 0.158. The molecule has 6 heteroatoms. The first kappa shape index (κ1) is 38.0. The Bertz CT molecular complexity index is 3190. The Kier molecular flexibility index (Phi) is 8.68. The average molecular weight is 780 g/mol. The monoisotopic (exact) mass is 779 g/mol. The number of fused-ring (bicyclic) bond motifs is 6. The van der Waals surface area contributed by atoms with Crippen LogP contribution in [0.25, 0.3) is 82.1 Å². The van der Waals surface area contributed by atoms with Crippen molar-refractivity contribution in [3.05, 3.63) is 173 Å². The number of hydrogen-bond donors (Lipinski definition) is 0. The molecule has 0 atom stereocenters. The molecule has 0 aliphatic rings. The highest BCUT2D eigenvalue weighted by atomic mass is 19.4. The maximum Gasteiger partial charge on any atom is 0.416 e. The second kappa shape index (κ2) is 13.5. The van der Waals surface area contributed by atoms with Gasteiger partial charge in [0.1, 0.15) is 0 Å². The minimum absolute atomic E-state index is 0.0839. The molecular weight excluding hydrogens is 736 g/mol. The van der Waals surface area contributed by atoms with Gasteiger partial charge in [-0.1, -0.05) is 120 Å². The van der Waals surface area contributed by atoms with Gasteiger partial charge >= 0.3 is 6.18 Å². The maximum atomic E-state index is 14.6. The van der Waals surface area contributed by atoms with Crippen molar-refractivity contribution >= 4 is 49.3 Å². The van der Waals surface area contributed by atoms with Crippen LogP contribution in [0.15, 0.2) is 140 Å². The number of rotatable bonds is 4. The summed E-state index contributed by atoms with van der Waals surface area (Å²) < 4.78 is 48.2. The van der Waals surface area contributed by atoms with Crippen LogP contribution in [0.3, 0.4) is 0 Å². The smallest absolute Gasteiger partial charge is 0.310 e. The molecule has 9 rings (SSSR count). The third-order valence-electron chi connectivity index (χ3n) is 11.7. The van der Waals surface area contributed by atoms with Crippen LogP contribution < -0.4 is 0 Å². The van der Waals surface area contributed by atoms with E-state index in [0.29, 0.717) is 33.5 Å². The molecule has 0 saturated heterocycles. The highest BCUT2D eigenvalue weighted by Crippen LogP contribution is 2.49. The summed E-state index contributed by atoms with van der Waals surface area (Å²) in [6.07, 6.45) is -4.55. The Morgan fingerprint density at radius 3 is 1.47 bits per heavy atom. The van der Waals surface area contributed by atoms with Crippen molar-refractivity contribution in [1.82, 2.24) is 9.13 Å². The number of benzene rings is 7. The minimum Gasteiger partial charge on any atom is -0.310 e. The van der Waals surface area contributed by atoms with E-state index in [2.05, 4.69) is 116 Å². The number of hydrogen-bond acceptors (Lipinski definition) is 0. The molecule has 0 fully saturated rings. The maximum absolute atomic E-state index is 14.6. The fourth-order valence-corrected chi connectivity index (χ4v) is 8.79. The predicted octanol–water partition coefficient (Wildman–Crippen LogP) is 15.7. The van der Waals surface area contributed by atoms with Crippen molar-refractivity contribution in [2.75, 3.05) is 0 Å². The predicted molar refractivity (Wildman–Crippen MR) is 239 cm³/mol. The zero-order valence-electron chi connectivity index (χ0n) is 34.3. The number of halogens is 3. The van der Waals surface area contributed by atoms with Crippen LogP contribution in [0.2, 0.25) is 0 Å². The van der Waals surface area contributed by atoms with Crippen molar-refractivity contribution < 1.29 is 13.2 Å².